The fourth-order valence-electron chi connectivity index (χ4n) is 1.69. The lowest BCUT2D eigenvalue weighted by molar-refractivity contribution is 0.507. The van der Waals surface area contributed by atoms with Crippen LogP contribution in [0.3, 0.4) is 0 Å². The molecule has 0 radical (unpaired) electrons. The number of hydrogen-bond donors (Lipinski definition) is 1. The second kappa shape index (κ2) is 5.58. The molecule has 2 rings (SSSR count). The third-order valence-electron chi connectivity index (χ3n) is 2.74. The molecule has 20 heavy (non-hydrogen) atoms. The summed E-state index contributed by atoms with van der Waals surface area (Å²) in [6.07, 6.45) is 1.13. The molecule has 0 heterocycles. The van der Waals surface area contributed by atoms with Gasteiger partial charge >= 0.3 is 0 Å². The molecule has 0 saturated heterocycles. The molecular weight excluding hydrogens is 284 g/mol. The van der Waals surface area contributed by atoms with Gasteiger partial charge in [0.2, 0.25) is 0 Å². The predicted molar refractivity (Wildman–Crippen MR) is 73.2 cm³/mol. The minimum atomic E-state index is -3.27. The minimum absolute atomic E-state index is 0.202. The summed E-state index contributed by atoms with van der Waals surface area (Å²) in [5.74, 6) is -1.80. The van der Waals surface area contributed by atoms with Gasteiger partial charge in [-0.2, -0.15) is 0 Å². The fourth-order valence-corrected chi connectivity index (χ4v) is 2.36. The van der Waals surface area contributed by atoms with E-state index >= 15 is 0 Å². The van der Waals surface area contributed by atoms with E-state index in [1.165, 1.54) is 18.2 Å². The van der Waals surface area contributed by atoms with Crippen LogP contribution in [0, 0.1) is 11.6 Å². The van der Waals surface area contributed by atoms with E-state index in [4.69, 9.17) is 0 Å². The molecule has 0 aliphatic heterocycles. The van der Waals surface area contributed by atoms with Crippen LogP contribution < -0.4 is 5.32 Å². The summed E-state index contributed by atoms with van der Waals surface area (Å²) in [6, 6.07) is 9.93. The summed E-state index contributed by atoms with van der Waals surface area (Å²) in [4.78, 5) is 0.202. The van der Waals surface area contributed by atoms with Gasteiger partial charge in [0.05, 0.1) is 4.90 Å². The van der Waals surface area contributed by atoms with Gasteiger partial charge in [0.1, 0.15) is 0 Å². The van der Waals surface area contributed by atoms with Crippen molar-refractivity contribution >= 4 is 15.5 Å². The van der Waals surface area contributed by atoms with Crippen molar-refractivity contribution in [1.82, 2.24) is 0 Å². The van der Waals surface area contributed by atoms with Crippen LogP contribution in [0.4, 0.5) is 14.5 Å². The summed E-state index contributed by atoms with van der Waals surface area (Å²) in [7, 11) is -3.27. The van der Waals surface area contributed by atoms with Gasteiger partial charge in [0.25, 0.3) is 0 Å². The van der Waals surface area contributed by atoms with Crippen molar-refractivity contribution in [2.24, 2.45) is 0 Å². The highest BCUT2D eigenvalue weighted by molar-refractivity contribution is 7.90. The number of anilines is 1. The highest BCUT2D eigenvalue weighted by atomic mass is 32.2. The van der Waals surface area contributed by atoms with E-state index in [2.05, 4.69) is 5.32 Å². The molecule has 2 aromatic rings. The standard InChI is InChI=1S/C14H13F2NO2S/c1-20(18,19)12-4-2-3-11(8-12)17-9-10-5-6-13(15)14(16)7-10/h2-8,17H,9H2,1H3. The highest BCUT2D eigenvalue weighted by Gasteiger charge is 2.07. The van der Waals surface area contributed by atoms with E-state index in [-0.39, 0.29) is 11.4 Å². The van der Waals surface area contributed by atoms with Crippen molar-refractivity contribution < 1.29 is 17.2 Å². The van der Waals surface area contributed by atoms with Crippen LogP contribution in [0.15, 0.2) is 47.4 Å². The Morgan fingerprint density at radius 3 is 2.45 bits per heavy atom. The van der Waals surface area contributed by atoms with Crippen molar-refractivity contribution in [3.8, 4) is 0 Å². The zero-order valence-electron chi connectivity index (χ0n) is 10.7. The number of halogens is 2. The Kier molecular flexibility index (Phi) is 4.04. The summed E-state index contributed by atoms with van der Waals surface area (Å²) < 4.78 is 48.7. The van der Waals surface area contributed by atoms with Gasteiger partial charge in [-0.25, -0.2) is 17.2 Å². The van der Waals surface area contributed by atoms with Gasteiger partial charge in [-0.1, -0.05) is 12.1 Å². The Morgan fingerprint density at radius 1 is 1.05 bits per heavy atom. The molecule has 0 aliphatic carbocycles. The highest BCUT2D eigenvalue weighted by Crippen LogP contribution is 2.16. The number of hydrogen-bond acceptors (Lipinski definition) is 3. The molecule has 0 aromatic heterocycles. The Labute approximate surface area is 116 Å². The van der Waals surface area contributed by atoms with E-state index in [0.717, 1.165) is 18.4 Å². The molecule has 0 fully saturated rings. The van der Waals surface area contributed by atoms with E-state index in [1.54, 1.807) is 12.1 Å². The van der Waals surface area contributed by atoms with E-state index in [0.29, 0.717) is 11.3 Å². The second-order valence-electron chi connectivity index (χ2n) is 4.40. The van der Waals surface area contributed by atoms with Gasteiger partial charge < -0.3 is 5.32 Å². The van der Waals surface area contributed by atoms with E-state index < -0.39 is 21.5 Å². The summed E-state index contributed by atoms with van der Waals surface area (Å²) in [5, 5.41) is 2.97. The zero-order valence-corrected chi connectivity index (χ0v) is 11.5. The van der Waals surface area contributed by atoms with Crippen molar-refractivity contribution in [3.05, 3.63) is 59.7 Å². The molecular formula is C14H13F2NO2S. The van der Waals surface area contributed by atoms with Crippen LogP contribution in [-0.2, 0) is 16.4 Å². The van der Waals surface area contributed by atoms with Crippen LogP contribution in [0.1, 0.15) is 5.56 Å². The Bertz CT molecular complexity index is 730. The Hall–Kier alpha value is -1.95. The molecule has 0 atom stereocenters. The Morgan fingerprint density at radius 2 is 1.80 bits per heavy atom. The molecule has 0 spiro atoms. The number of rotatable bonds is 4. The lowest BCUT2D eigenvalue weighted by Gasteiger charge is -2.08. The molecule has 0 saturated carbocycles. The van der Waals surface area contributed by atoms with Crippen LogP contribution in [0.25, 0.3) is 0 Å². The van der Waals surface area contributed by atoms with Crippen LogP contribution in [0.5, 0.6) is 0 Å². The second-order valence-corrected chi connectivity index (χ2v) is 6.42. The predicted octanol–water partition coefficient (Wildman–Crippen LogP) is 2.98. The first-order valence-corrected chi connectivity index (χ1v) is 7.73. The van der Waals surface area contributed by atoms with Gasteiger partial charge in [-0.3, -0.25) is 0 Å². The normalized spacial score (nSPS) is 11.3. The maximum atomic E-state index is 13.0. The molecule has 0 unspecified atom stereocenters. The molecule has 0 aliphatic rings. The van der Waals surface area contributed by atoms with Crippen molar-refractivity contribution in [3.63, 3.8) is 0 Å². The average Bonchev–Trinajstić information content (AvgIpc) is 2.39. The molecule has 0 amide bonds. The third kappa shape index (κ3) is 3.54. The molecule has 3 nitrogen and oxygen atoms in total. The first-order chi connectivity index (χ1) is 9.36. The van der Waals surface area contributed by atoms with Crippen LogP contribution in [-0.4, -0.2) is 14.7 Å². The molecule has 106 valence electrons. The first-order valence-electron chi connectivity index (χ1n) is 5.84. The largest absolute Gasteiger partial charge is 0.381 e. The number of sulfone groups is 1. The Balaban J connectivity index is 2.13. The van der Waals surface area contributed by atoms with Crippen molar-refractivity contribution in [2.45, 2.75) is 11.4 Å². The van der Waals surface area contributed by atoms with Crippen molar-refractivity contribution in [1.29, 1.82) is 0 Å². The fraction of sp³-hybridized carbons (Fsp3) is 0.143. The zero-order chi connectivity index (χ0) is 14.8. The molecule has 2 aromatic carbocycles. The molecule has 0 bridgehead atoms. The number of benzene rings is 2. The molecule has 6 heteroatoms. The van der Waals surface area contributed by atoms with Crippen molar-refractivity contribution in [2.75, 3.05) is 11.6 Å². The van der Waals surface area contributed by atoms with Gasteiger partial charge in [0, 0.05) is 18.5 Å². The maximum absolute atomic E-state index is 13.0. The van der Waals surface area contributed by atoms with E-state index in [1.807, 2.05) is 0 Å². The monoisotopic (exact) mass is 297 g/mol. The summed E-state index contributed by atoms with van der Waals surface area (Å²) in [6.45, 7) is 0.268. The lowest BCUT2D eigenvalue weighted by Crippen LogP contribution is -2.02. The SMILES string of the molecule is CS(=O)(=O)c1cccc(NCc2ccc(F)c(F)c2)c1. The summed E-state index contributed by atoms with van der Waals surface area (Å²) >= 11 is 0. The van der Waals surface area contributed by atoms with Gasteiger partial charge in [-0.05, 0) is 35.9 Å². The van der Waals surface area contributed by atoms with Gasteiger partial charge in [-0.15, -0.1) is 0 Å². The topological polar surface area (TPSA) is 46.2 Å². The maximum Gasteiger partial charge on any atom is 0.175 e. The average molecular weight is 297 g/mol. The van der Waals surface area contributed by atoms with Crippen LogP contribution >= 0.6 is 0 Å². The quantitative estimate of drug-likeness (QED) is 0.943. The first kappa shape index (κ1) is 14.5. The third-order valence-corrected chi connectivity index (χ3v) is 3.85. The van der Waals surface area contributed by atoms with Crippen LogP contribution in [0.2, 0.25) is 0 Å². The smallest absolute Gasteiger partial charge is 0.175 e. The molecule has 1 N–H and O–H groups in total. The lowest BCUT2D eigenvalue weighted by atomic mass is 10.2. The van der Waals surface area contributed by atoms with Gasteiger partial charge in [0.15, 0.2) is 21.5 Å². The van der Waals surface area contributed by atoms with E-state index in [9.17, 15) is 17.2 Å². The summed E-state index contributed by atoms with van der Waals surface area (Å²) in [5.41, 5.74) is 1.16. The minimum Gasteiger partial charge on any atom is -0.381 e. The number of nitrogens with one attached hydrogen (secondary N) is 1.